The maximum absolute atomic E-state index is 11.0. The lowest BCUT2D eigenvalue weighted by Crippen LogP contribution is -2.02. The van der Waals surface area contributed by atoms with Crippen LogP contribution in [0.5, 0.6) is 5.75 Å². The predicted molar refractivity (Wildman–Crippen MR) is 67.6 cm³/mol. The molecule has 1 aromatic carbocycles. The molecule has 0 saturated carbocycles. The van der Waals surface area contributed by atoms with E-state index in [0.717, 1.165) is 17.7 Å². The van der Waals surface area contributed by atoms with Crippen LogP contribution in [0.1, 0.15) is 25.3 Å². The van der Waals surface area contributed by atoms with E-state index < -0.39 is 0 Å². The van der Waals surface area contributed by atoms with Gasteiger partial charge in [0.25, 0.3) is 0 Å². The van der Waals surface area contributed by atoms with Crippen LogP contribution in [0.3, 0.4) is 0 Å². The Morgan fingerprint density at radius 1 is 1.41 bits per heavy atom. The van der Waals surface area contributed by atoms with Crippen LogP contribution in [0.25, 0.3) is 0 Å². The Balaban J connectivity index is 2.59. The SMILES string of the molecule is CCCOc1ccc(CCC(=O)OC)c(Cl)c1. The molecule has 0 spiro atoms. The predicted octanol–water partition coefficient (Wildman–Crippen LogP) is 3.23. The average molecular weight is 257 g/mol. The van der Waals surface area contributed by atoms with E-state index in [1.807, 2.05) is 19.1 Å². The molecule has 0 aliphatic rings. The Labute approximate surface area is 107 Å². The molecule has 0 N–H and O–H groups in total. The summed E-state index contributed by atoms with van der Waals surface area (Å²) in [5, 5.41) is 0.627. The van der Waals surface area contributed by atoms with Gasteiger partial charge in [0.2, 0.25) is 0 Å². The Hall–Kier alpha value is -1.22. The van der Waals surface area contributed by atoms with E-state index in [1.165, 1.54) is 7.11 Å². The van der Waals surface area contributed by atoms with Crippen LogP contribution in [0.4, 0.5) is 0 Å². The molecule has 0 radical (unpaired) electrons. The number of rotatable bonds is 6. The Morgan fingerprint density at radius 3 is 2.76 bits per heavy atom. The summed E-state index contributed by atoms with van der Waals surface area (Å²) < 4.78 is 10.0. The molecule has 1 rings (SSSR count). The maximum Gasteiger partial charge on any atom is 0.305 e. The van der Waals surface area contributed by atoms with Crippen molar-refractivity contribution in [1.82, 2.24) is 0 Å². The van der Waals surface area contributed by atoms with Crippen LogP contribution in [-0.4, -0.2) is 19.7 Å². The molecule has 0 unspecified atom stereocenters. The van der Waals surface area contributed by atoms with Crippen molar-refractivity contribution in [3.63, 3.8) is 0 Å². The molecule has 94 valence electrons. The van der Waals surface area contributed by atoms with Gasteiger partial charge in [0.15, 0.2) is 0 Å². The standard InChI is InChI=1S/C13H17ClO3/c1-3-8-17-11-6-4-10(12(14)9-11)5-7-13(15)16-2/h4,6,9H,3,5,7-8H2,1-2H3. The lowest BCUT2D eigenvalue weighted by atomic mass is 10.1. The molecule has 0 atom stereocenters. The fraction of sp³-hybridized carbons (Fsp3) is 0.462. The molecular formula is C13H17ClO3. The first kappa shape index (κ1) is 13.8. The molecule has 0 amide bonds. The van der Waals surface area contributed by atoms with Crippen LogP contribution in [-0.2, 0) is 16.0 Å². The van der Waals surface area contributed by atoms with Crippen molar-refractivity contribution in [2.75, 3.05) is 13.7 Å². The second kappa shape index (κ2) is 7.17. The Bertz CT molecular complexity index is 377. The van der Waals surface area contributed by atoms with E-state index in [0.29, 0.717) is 24.5 Å². The quantitative estimate of drug-likeness (QED) is 0.733. The van der Waals surface area contributed by atoms with Gasteiger partial charge in [-0.15, -0.1) is 0 Å². The zero-order valence-corrected chi connectivity index (χ0v) is 10.9. The molecule has 0 aliphatic heterocycles. The highest BCUT2D eigenvalue weighted by Crippen LogP contribution is 2.23. The highest BCUT2D eigenvalue weighted by molar-refractivity contribution is 6.31. The summed E-state index contributed by atoms with van der Waals surface area (Å²) in [5.41, 5.74) is 0.931. The first-order chi connectivity index (χ1) is 8.17. The summed E-state index contributed by atoms with van der Waals surface area (Å²) >= 11 is 6.10. The van der Waals surface area contributed by atoms with Gasteiger partial charge < -0.3 is 9.47 Å². The van der Waals surface area contributed by atoms with Crippen molar-refractivity contribution >= 4 is 17.6 Å². The molecule has 0 fully saturated rings. The number of halogens is 1. The number of aryl methyl sites for hydroxylation is 1. The van der Waals surface area contributed by atoms with Crippen molar-refractivity contribution in [3.8, 4) is 5.75 Å². The van der Waals surface area contributed by atoms with Crippen LogP contribution < -0.4 is 4.74 Å². The van der Waals surface area contributed by atoms with Gasteiger partial charge in [0.05, 0.1) is 13.7 Å². The molecule has 3 nitrogen and oxygen atoms in total. The third-order valence-electron chi connectivity index (χ3n) is 2.32. The third kappa shape index (κ3) is 4.65. The smallest absolute Gasteiger partial charge is 0.305 e. The second-order valence-corrected chi connectivity index (χ2v) is 4.09. The van der Waals surface area contributed by atoms with Gasteiger partial charge in [-0.2, -0.15) is 0 Å². The molecular weight excluding hydrogens is 240 g/mol. The fourth-order valence-corrected chi connectivity index (χ4v) is 1.64. The van der Waals surface area contributed by atoms with Crippen LogP contribution in [0.2, 0.25) is 5.02 Å². The van der Waals surface area contributed by atoms with Gasteiger partial charge in [-0.3, -0.25) is 4.79 Å². The van der Waals surface area contributed by atoms with Gasteiger partial charge in [-0.25, -0.2) is 0 Å². The second-order valence-electron chi connectivity index (χ2n) is 3.68. The summed E-state index contributed by atoms with van der Waals surface area (Å²) in [6.45, 7) is 2.73. The van der Waals surface area contributed by atoms with Gasteiger partial charge in [-0.1, -0.05) is 24.6 Å². The monoisotopic (exact) mass is 256 g/mol. The largest absolute Gasteiger partial charge is 0.494 e. The molecule has 1 aromatic rings. The lowest BCUT2D eigenvalue weighted by molar-refractivity contribution is -0.140. The average Bonchev–Trinajstić information content (AvgIpc) is 2.34. The minimum atomic E-state index is -0.229. The molecule has 0 aliphatic carbocycles. The first-order valence-electron chi connectivity index (χ1n) is 5.65. The van der Waals surface area contributed by atoms with Crippen LogP contribution in [0.15, 0.2) is 18.2 Å². The highest BCUT2D eigenvalue weighted by atomic mass is 35.5. The maximum atomic E-state index is 11.0. The van der Waals surface area contributed by atoms with E-state index in [-0.39, 0.29) is 5.97 Å². The van der Waals surface area contributed by atoms with Gasteiger partial charge in [0.1, 0.15) is 5.75 Å². The molecule has 4 heteroatoms. The summed E-state index contributed by atoms with van der Waals surface area (Å²) in [6.07, 6.45) is 1.88. The molecule has 0 saturated heterocycles. The minimum absolute atomic E-state index is 0.229. The summed E-state index contributed by atoms with van der Waals surface area (Å²) in [5.74, 6) is 0.533. The van der Waals surface area contributed by atoms with E-state index in [4.69, 9.17) is 16.3 Å². The number of hydrogen-bond acceptors (Lipinski definition) is 3. The topological polar surface area (TPSA) is 35.5 Å². The van der Waals surface area contributed by atoms with E-state index in [1.54, 1.807) is 6.07 Å². The number of carbonyl (C=O) groups excluding carboxylic acids is 1. The summed E-state index contributed by atoms with van der Waals surface area (Å²) in [6, 6.07) is 5.54. The number of esters is 1. The molecule has 17 heavy (non-hydrogen) atoms. The highest BCUT2D eigenvalue weighted by Gasteiger charge is 2.06. The van der Waals surface area contributed by atoms with Gasteiger partial charge in [0, 0.05) is 11.4 Å². The van der Waals surface area contributed by atoms with Gasteiger partial charge >= 0.3 is 5.97 Å². The minimum Gasteiger partial charge on any atom is -0.494 e. The van der Waals surface area contributed by atoms with E-state index in [2.05, 4.69) is 4.74 Å². The number of carbonyl (C=O) groups is 1. The third-order valence-corrected chi connectivity index (χ3v) is 2.68. The molecule has 0 bridgehead atoms. The Morgan fingerprint density at radius 2 is 2.18 bits per heavy atom. The van der Waals surface area contributed by atoms with Gasteiger partial charge in [-0.05, 0) is 30.5 Å². The molecule has 0 heterocycles. The van der Waals surface area contributed by atoms with E-state index in [9.17, 15) is 4.79 Å². The van der Waals surface area contributed by atoms with Crippen molar-refractivity contribution < 1.29 is 14.3 Å². The van der Waals surface area contributed by atoms with Crippen molar-refractivity contribution in [1.29, 1.82) is 0 Å². The van der Waals surface area contributed by atoms with Crippen molar-refractivity contribution in [3.05, 3.63) is 28.8 Å². The fourth-order valence-electron chi connectivity index (χ4n) is 1.38. The van der Waals surface area contributed by atoms with Crippen molar-refractivity contribution in [2.24, 2.45) is 0 Å². The van der Waals surface area contributed by atoms with Crippen LogP contribution in [0, 0.1) is 0 Å². The summed E-state index contributed by atoms with van der Waals surface area (Å²) in [4.78, 5) is 11.0. The number of ether oxygens (including phenoxy) is 2. The normalized spacial score (nSPS) is 10.1. The zero-order chi connectivity index (χ0) is 12.7. The molecule has 0 aromatic heterocycles. The lowest BCUT2D eigenvalue weighted by Gasteiger charge is -2.08. The summed E-state index contributed by atoms with van der Waals surface area (Å²) in [7, 11) is 1.38. The Kier molecular flexibility index (Phi) is 5.84. The van der Waals surface area contributed by atoms with E-state index >= 15 is 0 Å². The number of methoxy groups -OCH3 is 1. The number of benzene rings is 1. The number of hydrogen-bond donors (Lipinski definition) is 0. The van der Waals surface area contributed by atoms with Crippen molar-refractivity contribution in [2.45, 2.75) is 26.2 Å². The zero-order valence-electron chi connectivity index (χ0n) is 10.2. The van der Waals surface area contributed by atoms with Crippen LogP contribution >= 0.6 is 11.6 Å². The first-order valence-corrected chi connectivity index (χ1v) is 6.03.